The number of urea groups is 1. The van der Waals surface area contributed by atoms with Crippen LogP contribution in [0.15, 0.2) is 18.2 Å². The Balaban J connectivity index is 1.89. The van der Waals surface area contributed by atoms with E-state index in [9.17, 15) is 24.5 Å². The minimum absolute atomic E-state index is 0.0516. The van der Waals surface area contributed by atoms with Crippen molar-refractivity contribution in [3.63, 3.8) is 0 Å². The number of carbonyl (C=O) groups excluding carboxylic acids is 3. The summed E-state index contributed by atoms with van der Waals surface area (Å²) in [6.07, 6.45) is 4.04. The standard InChI is InChI=1S/C21H26N4O5/c1-3-13(2)24-19(27)21(18(26)22-20(24)28)12-14-11-15(25(29)30)8-9-16(14)23-10-6-4-5-7-17(21)23/h8-9,11,13,17H,3-7,10,12H2,1-2H3,(H,22,26,28)/t13-,17-,21+/m0/s1. The zero-order valence-corrected chi connectivity index (χ0v) is 17.2. The highest BCUT2D eigenvalue weighted by Gasteiger charge is 2.62. The van der Waals surface area contributed by atoms with E-state index in [1.165, 1.54) is 17.0 Å². The van der Waals surface area contributed by atoms with E-state index in [-0.39, 0.29) is 24.2 Å². The van der Waals surface area contributed by atoms with E-state index in [0.29, 0.717) is 24.9 Å². The number of nitrogens with zero attached hydrogens (tertiary/aromatic N) is 3. The van der Waals surface area contributed by atoms with Gasteiger partial charge in [0.1, 0.15) is 0 Å². The molecule has 2 saturated heterocycles. The van der Waals surface area contributed by atoms with Crippen molar-refractivity contribution in [1.29, 1.82) is 0 Å². The molecule has 3 heterocycles. The summed E-state index contributed by atoms with van der Waals surface area (Å²) in [5.74, 6) is -1.08. The number of imide groups is 2. The Labute approximate surface area is 174 Å². The lowest BCUT2D eigenvalue weighted by Gasteiger charge is -2.52. The molecule has 4 amide bonds. The predicted molar refractivity (Wildman–Crippen MR) is 109 cm³/mol. The second kappa shape index (κ2) is 7.37. The molecule has 3 aliphatic rings. The molecular weight excluding hydrogens is 388 g/mol. The fourth-order valence-electron chi connectivity index (χ4n) is 5.14. The number of benzene rings is 1. The van der Waals surface area contributed by atoms with E-state index in [2.05, 4.69) is 10.2 Å². The summed E-state index contributed by atoms with van der Waals surface area (Å²) >= 11 is 0. The van der Waals surface area contributed by atoms with Crippen molar-refractivity contribution in [2.45, 2.75) is 64.5 Å². The van der Waals surface area contributed by atoms with Gasteiger partial charge < -0.3 is 4.90 Å². The molecule has 0 unspecified atom stereocenters. The van der Waals surface area contributed by atoms with Crippen molar-refractivity contribution < 1.29 is 19.3 Å². The quantitative estimate of drug-likeness (QED) is 0.462. The number of rotatable bonds is 3. The van der Waals surface area contributed by atoms with Crippen molar-refractivity contribution in [1.82, 2.24) is 10.2 Å². The largest absolute Gasteiger partial charge is 0.367 e. The van der Waals surface area contributed by atoms with Crippen LogP contribution in [0.25, 0.3) is 0 Å². The van der Waals surface area contributed by atoms with Crippen LogP contribution < -0.4 is 10.2 Å². The zero-order valence-electron chi connectivity index (χ0n) is 17.2. The number of nitrogens with one attached hydrogen (secondary N) is 1. The molecule has 4 rings (SSSR count). The van der Waals surface area contributed by atoms with Gasteiger partial charge in [0.2, 0.25) is 11.8 Å². The van der Waals surface area contributed by atoms with Gasteiger partial charge in [-0.05, 0) is 37.8 Å². The molecular formula is C21H26N4O5. The Hall–Kier alpha value is -2.97. The van der Waals surface area contributed by atoms with E-state index in [1.807, 2.05) is 6.92 Å². The second-order valence-corrected chi connectivity index (χ2v) is 8.47. The van der Waals surface area contributed by atoms with E-state index in [0.717, 1.165) is 24.9 Å². The molecule has 160 valence electrons. The fraction of sp³-hybridized carbons (Fsp3) is 0.571. The fourth-order valence-corrected chi connectivity index (χ4v) is 5.14. The molecule has 3 aliphatic heterocycles. The van der Waals surface area contributed by atoms with Crippen molar-refractivity contribution in [3.05, 3.63) is 33.9 Å². The van der Waals surface area contributed by atoms with Crippen LogP contribution in [-0.4, -0.2) is 46.3 Å². The van der Waals surface area contributed by atoms with Gasteiger partial charge in [0.15, 0.2) is 5.41 Å². The highest BCUT2D eigenvalue weighted by atomic mass is 16.6. The maximum atomic E-state index is 13.8. The van der Waals surface area contributed by atoms with Crippen molar-refractivity contribution in [2.75, 3.05) is 11.4 Å². The number of fused-ring (bicyclic) bond motifs is 4. The van der Waals surface area contributed by atoms with Gasteiger partial charge in [-0.2, -0.15) is 0 Å². The summed E-state index contributed by atoms with van der Waals surface area (Å²) in [5.41, 5.74) is -0.102. The van der Waals surface area contributed by atoms with Crippen LogP contribution in [0.2, 0.25) is 0 Å². The second-order valence-electron chi connectivity index (χ2n) is 8.47. The van der Waals surface area contributed by atoms with Crippen LogP contribution in [0.1, 0.15) is 51.5 Å². The number of nitro groups is 1. The lowest BCUT2D eigenvalue weighted by Crippen LogP contribution is -2.73. The molecule has 0 saturated carbocycles. The molecule has 1 spiro atoms. The van der Waals surface area contributed by atoms with Gasteiger partial charge >= 0.3 is 6.03 Å². The monoisotopic (exact) mass is 414 g/mol. The number of non-ortho nitro benzene ring substituents is 1. The Bertz CT molecular complexity index is 932. The predicted octanol–water partition coefficient (Wildman–Crippen LogP) is 2.76. The Kier molecular flexibility index (Phi) is 4.99. The van der Waals surface area contributed by atoms with Crippen LogP contribution in [0, 0.1) is 15.5 Å². The summed E-state index contributed by atoms with van der Waals surface area (Å²) in [4.78, 5) is 53.7. The third-order valence-electron chi connectivity index (χ3n) is 6.85. The number of nitro benzene ring substituents is 1. The first-order valence-electron chi connectivity index (χ1n) is 10.5. The van der Waals surface area contributed by atoms with Gasteiger partial charge in [0.05, 0.1) is 11.0 Å². The number of anilines is 1. The molecule has 3 atom stereocenters. The van der Waals surface area contributed by atoms with Gasteiger partial charge in [0.25, 0.3) is 5.69 Å². The Morgan fingerprint density at radius 2 is 2.03 bits per heavy atom. The smallest absolute Gasteiger partial charge is 0.331 e. The number of hydrogen-bond acceptors (Lipinski definition) is 6. The van der Waals surface area contributed by atoms with Crippen LogP contribution in [0.4, 0.5) is 16.2 Å². The van der Waals surface area contributed by atoms with E-state index >= 15 is 0 Å². The lowest BCUT2D eigenvalue weighted by molar-refractivity contribution is -0.384. The van der Waals surface area contributed by atoms with Gasteiger partial charge in [-0.1, -0.05) is 19.8 Å². The molecule has 0 bridgehead atoms. The maximum absolute atomic E-state index is 13.8. The molecule has 0 aromatic heterocycles. The minimum atomic E-state index is -1.47. The molecule has 0 aliphatic carbocycles. The Morgan fingerprint density at radius 1 is 1.27 bits per heavy atom. The minimum Gasteiger partial charge on any atom is -0.367 e. The number of amides is 4. The van der Waals surface area contributed by atoms with Gasteiger partial charge in [-0.3, -0.25) is 29.9 Å². The number of barbiturate groups is 1. The van der Waals surface area contributed by atoms with Gasteiger partial charge in [0, 0.05) is 36.8 Å². The average molecular weight is 414 g/mol. The summed E-state index contributed by atoms with van der Waals surface area (Å²) in [6, 6.07) is 3.23. The topological polar surface area (TPSA) is 113 Å². The average Bonchev–Trinajstić information content (AvgIpc) is 2.98. The normalized spacial score (nSPS) is 27.3. The molecule has 9 nitrogen and oxygen atoms in total. The molecule has 0 radical (unpaired) electrons. The van der Waals surface area contributed by atoms with Crippen LogP contribution in [-0.2, 0) is 16.0 Å². The molecule has 1 aromatic rings. The first kappa shape index (κ1) is 20.3. The Morgan fingerprint density at radius 3 is 2.73 bits per heavy atom. The molecule has 30 heavy (non-hydrogen) atoms. The SMILES string of the molecule is CC[C@H](C)N1C(=O)NC(=O)[C@]2(Cc3cc([N+](=O)[O-])ccc3N3CCCCC[C@H]32)C1=O. The first-order chi connectivity index (χ1) is 14.3. The summed E-state index contributed by atoms with van der Waals surface area (Å²) in [7, 11) is 0. The van der Waals surface area contributed by atoms with Gasteiger partial charge in [-0.25, -0.2) is 4.79 Å². The zero-order chi connectivity index (χ0) is 21.6. The maximum Gasteiger partial charge on any atom is 0.331 e. The first-order valence-corrected chi connectivity index (χ1v) is 10.5. The van der Waals surface area contributed by atoms with E-state index in [4.69, 9.17) is 0 Å². The van der Waals surface area contributed by atoms with Crippen LogP contribution >= 0.6 is 0 Å². The third kappa shape index (κ3) is 2.86. The van der Waals surface area contributed by atoms with Gasteiger partial charge in [-0.15, -0.1) is 0 Å². The summed E-state index contributed by atoms with van der Waals surface area (Å²) in [6.45, 7) is 4.33. The summed E-state index contributed by atoms with van der Waals surface area (Å²) in [5, 5.41) is 13.8. The van der Waals surface area contributed by atoms with Crippen LogP contribution in [0.3, 0.4) is 0 Å². The molecule has 1 N–H and O–H groups in total. The van der Waals surface area contributed by atoms with E-state index < -0.39 is 28.2 Å². The highest BCUT2D eigenvalue weighted by Crippen LogP contribution is 2.48. The van der Waals surface area contributed by atoms with Crippen molar-refractivity contribution in [3.8, 4) is 0 Å². The highest BCUT2D eigenvalue weighted by molar-refractivity contribution is 6.20. The third-order valence-corrected chi connectivity index (χ3v) is 6.85. The van der Waals surface area contributed by atoms with E-state index in [1.54, 1.807) is 13.0 Å². The number of hydrogen-bond donors (Lipinski definition) is 1. The number of carbonyl (C=O) groups is 3. The summed E-state index contributed by atoms with van der Waals surface area (Å²) < 4.78 is 0. The molecule has 9 heteroatoms. The molecule has 2 fully saturated rings. The van der Waals surface area contributed by atoms with Crippen molar-refractivity contribution >= 4 is 29.2 Å². The lowest BCUT2D eigenvalue weighted by atomic mass is 9.67. The molecule has 1 aromatic carbocycles. The van der Waals surface area contributed by atoms with Crippen molar-refractivity contribution in [2.24, 2.45) is 5.41 Å². The van der Waals surface area contributed by atoms with Crippen LogP contribution in [0.5, 0.6) is 0 Å².